The van der Waals surface area contributed by atoms with E-state index in [4.69, 9.17) is 0 Å². The highest BCUT2D eigenvalue weighted by Gasteiger charge is 2.12. The Bertz CT molecular complexity index is 1170. The summed E-state index contributed by atoms with van der Waals surface area (Å²) in [5.74, 6) is 0. The normalized spacial score (nSPS) is 11.0. The highest BCUT2D eigenvalue weighted by molar-refractivity contribution is 5.87. The summed E-state index contributed by atoms with van der Waals surface area (Å²) in [7, 11) is 0. The molecule has 140 valence electrons. The Labute approximate surface area is 171 Å². The predicted octanol–water partition coefficient (Wildman–Crippen LogP) is 6.59. The van der Waals surface area contributed by atoms with E-state index >= 15 is 0 Å². The number of anilines is 1. The van der Waals surface area contributed by atoms with Crippen LogP contribution in [0.4, 0.5) is 5.69 Å². The molecule has 0 spiro atoms. The van der Waals surface area contributed by atoms with Crippen LogP contribution < -0.4 is 4.90 Å². The van der Waals surface area contributed by atoms with E-state index in [-0.39, 0.29) is 0 Å². The minimum absolute atomic E-state index is 0.842. The van der Waals surface area contributed by atoms with Crippen LogP contribution in [0, 0.1) is 0 Å². The van der Waals surface area contributed by atoms with E-state index in [0.717, 1.165) is 13.1 Å². The number of aromatic nitrogens is 1. The molecular formula is C27H22N2. The van der Waals surface area contributed by atoms with Crippen LogP contribution in [0.2, 0.25) is 0 Å². The second-order valence-electron chi connectivity index (χ2n) is 7.34. The van der Waals surface area contributed by atoms with Crippen LogP contribution in [0.25, 0.3) is 21.5 Å². The summed E-state index contributed by atoms with van der Waals surface area (Å²) >= 11 is 0. The quantitative estimate of drug-likeness (QED) is 0.345. The van der Waals surface area contributed by atoms with Gasteiger partial charge in [-0.25, -0.2) is 0 Å². The molecule has 0 saturated heterocycles. The molecule has 0 N–H and O–H groups in total. The molecule has 2 heteroatoms. The molecule has 0 radical (unpaired) electrons. The van der Waals surface area contributed by atoms with Crippen LogP contribution >= 0.6 is 0 Å². The lowest BCUT2D eigenvalue weighted by molar-refractivity contribution is 0.807. The zero-order valence-corrected chi connectivity index (χ0v) is 16.2. The minimum Gasteiger partial charge on any atom is -0.363 e. The lowest BCUT2D eigenvalue weighted by Gasteiger charge is -2.26. The van der Waals surface area contributed by atoms with Crippen LogP contribution in [-0.4, -0.2) is 4.98 Å². The highest BCUT2D eigenvalue weighted by Crippen LogP contribution is 2.26. The Balaban J connectivity index is 1.57. The van der Waals surface area contributed by atoms with Crippen molar-refractivity contribution in [3.8, 4) is 0 Å². The van der Waals surface area contributed by atoms with Crippen molar-refractivity contribution in [1.82, 2.24) is 4.98 Å². The Hall–Kier alpha value is -3.65. The van der Waals surface area contributed by atoms with Crippen molar-refractivity contribution in [3.63, 3.8) is 0 Å². The van der Waals surface area contributed by atoms with Crippen LogP contribution in [0.1, 0.15) is 11.1 Å². The molecule has 0 aliphatic heterocycles. The number of fused-ring (bicyclic) bond motifs is 2. The van der Waals surface area contributed by atoms with Gasteiger partial charge in [0.2, 0.25) is 0 Å². The molecule has 5 aromatic rings. The number of pyridine rings is 1. The van der Waals surface area contributed by atoms with Gasteiger partial charge in [0.05, 0.1) is 0 Å². The van der Waals surface area contributed by atoms with Crippen molar-refractivity contribution in [1.29, 1.82) is 0 Å². The maximum absolute atomic E-state index is 4.22. The van der Waals surface area contributed by atoms with Crippen LogP contribution in [0.3, 0.4) is 0 Å². The van der Waals surface area contributed by atoms with Gasteiger partial charge in [0.25, 0.3) is 0 Å². The number of hydrogen-bond donors (Lipinski definition) is 0. The molecule has 0 fully saturated rings. The largest absolute Gasteiger partial charge is 0.363 e. The van der Waals surface area contributed by atoms with Gasteiger partial charge in [0, 0.05) is 31.2 Å². The third-order valence-corrected chi connectivity index (χ3v) is 5.51. The SMILES string of the molecule is c1ccc2c(CN(Cc3cccc4ccccc34)c3ccncc3)cccc2c1. The van der Waals surface area contributed by atoms with Gasteiger partial charge < -0.3 is 4.90 Å². The smallest absolute Gasteiger partial charge is 0.0439 e. The standard InChI is InChI=1S/C27H22N2/c1-3-13-26-21(7-1)9-5-11-23(26)19-29(25-15-17-28-18-16-25)20-24-12-6-10-22-8-2-4-14-27(22)24/h1-18H,19-20H2. The average Bonchev–Trinajstić information content (AvgIpc) is 2.80. The Kier molecular flexibility index (Phi) is 4.67. The van der Waals surface area contributed by atoms with Crippen molar-refractivity contribution in [2.45, 2.75) is 13.1 Å². The molecular weight excluding hydrogens is 352 g/mol. The first-order valence-corrected chi connectivity index (χ1v) is 9.97. The number of hydrogen-bond acceptors (Lipinski definition) is 2. The van der Waals surface area contributed by atoms with Crippen LogP contribution in [0.5, 0.6) is 0 Å². The van der Waals surface area contributed by atoms with Crippen molar-refractivity contribution in [2.24, 2.45) is 0 Å². The molecule has 0 unspecified atom stereocenters. The minimum atomic E-state index is 0.842. The second kappa shape index (κ2) is 7.76. The van der Waals surface area contributed by atoms with Crippen LogP contribution in [0.15, 0.2) is 109 Å². The van der Waals surface area contributed by atoms with E-state index in [1.165, 1.54) is 38.4 Å². The Morgan fingerprint density at radius 2 is 1.00 bits per heavy atom. The lowest BCUT2D eigenvalue weighted by Crippen LogP contribution is -2.22. The van der Waals surface area contributed by atoms with Gasteiger partial charge in [0.15, 0.2) is 0 Å². The molecule has 0 amide bonds. The topological polar surface area (TPSA) is 16.1 Å². The summed E-state index contributed by atoms with van der Waals surface area (Å²) in [6.45, 7) is 1.68. The molecule has 2 nitrogen and oxygen atoms in total. The van der Waals surface area contributed by atoms with E-state index < -0.39 is 0 Å². The second-order valence-corrected chi connectivity index (χ2v) is 7.34. The van der Waals surface area contributed by atoms with Gasteiger partial charge in [-0.1, -0.05) is 84.9 Å². The van der Waals surface area contributed by atoms with Crippen molar-refractivity contribution >= 4 is 27.2 Å². The molecule has 1 aromatic heterocycles. The van der Waals surface area contributed by atoms with E-state index in [9.17, 15) is 0 Å². The van der Waals surface area contributed by atoms with Crippen molar-refractivity contribution in [3.05, 3.63) is 121 Å². The molecule has 0 bridgehead atoms. The fourth-order valence-electron chi connectivity index (χ4n) is 4.07. The van der Waals surface area contributed by atoms with Gasteiger partial charge >= 0.3 is 0 Å². The van der Waals surface area contributed by atoms with Crippen molar-refractivity contribution in [2.75, 3.05) is 4.90 Å². The average molecular weight is 374 g/mol. The monoisotopic (exact) mass is 374 g/mol. The van der Waals surface area contributed by atoms with Gasteiger partial charge in [-0.15, -0.1) is 0 Å². The van der Waals surface area contributed by atoms with E-state index in [2.05, 4.69) is 107 Å². The highest BCUT2D eigenvalue weighted by atomic mass is 15.1. The first-order valence-electron chi connectivity index (χ1n) is 9.97. The number of rotatable bonds is 5. The summed E-state index contributed by atoms with van der Waals surface area (Å²) in [6.07, 6.45) is 3.74. The number of benzene rings is 4. The maximum atomic E-state index is 4.22. The lowest BCUT2D eigenvalue weighted by atomic mass is 10.0. The van der Waals surface area contributed by atoms with Crippen molar-refractivity contribution < 1.29 is 0 Å². The number of nitrogens with zero attached hydrogens (tertiary/aromatic N) is 2. The predicted molar refractivity (Wildman–Crippen MR) is 122 cm³/mol. The Morgan fingerprint density at radius 3 is 1.55 bits per heavy atom. The van der Waals surface area contributed by atoms with Gasteiger partial charge in [0.1, 0.15) is 0 Å². The zero-order valence-electron chi connectivity index (χ0n) is 16.2. The van der Waals surface area contributed by atoms with Crippen LogP contribution in [-0.2, 0) is 13.1 Å². The third-order valence-electron chi connectivity index (χ3n) is 5.51. The first kappa shape index (κ1) is 17.4. The summed E-state index contributed by atoms with van der Waals surface area (Å²) < 4.78 is 0. The molecule has 0 saturated carbocycles. The summed E-state index contributed by atoms with van der Waals surface area (Å²) in [6, 6.07) is 34.6. The summed E-state index contributed by atoms with van der Waals surface area (Å²) in [5, 5.41) is 5.19. The fourth-order valence-corrected chi connectivity index (χ4v) is 4.07. The van der Waals surface area contributed by atoms with Gasteiger partial charge in [-0.05, 0) is 44.8 Å². The van der Waals surface area contributed by atoms with E-state index in [1.807, 2.05) is 12.4 Å². The Morgan fingerprint density at radius 1 is 0.517 bits per heavy atom. The molecule has 1 heterocycles. The van der Waals surface area contributed by atoms with E-state index in [0.29, 0.717) is 0 Å². The van der Waals surface area contributed by atoms with E-state index in [1.54, 1.807) is 0 Å². The zero-order chi connectivity index (χ0) is 19.5. The molecule has 0 atom stereocenters. The maximum Gasteiger partial charge on any atom is 0.0439 e. The first-order chi connectivity index (χ1) is 14.4. The molecule has 0 aliphatic rings. The summed E-state index contributed by atoms with van der Waals surface area (Å²) in [4.78, 5) is 6.65. The summed E-state index contributed by atoms with van der Waals surface area (Å²) in [5.41, 5.74) is 3.85. The third kappa shape index (κ3) is 3.57. The molecule has 4 aromatic carbocycles. The van der Waals surface area contributed by atoms with Gasteiger partial charge in [-0.3, -0.25) is 4.98 Å². The molecule has 5 rings (SSSR count). The molecule has 0 aliphatic carbocycles. The molecule has 29 heavy (non-hydrogen) atoms. The van der Waals surface area contributed by atoms with Gasteiger partial charge in [-0.2, -0.15) is 0 Å². The fraction of sp³-hybridized carbons (Fsp3) is 0.0741.